The SMILES string of the molecule is [B]P(=O)(OCC1OC(n2cnc3c(N)ncnc32)C(O)C1O)OP(=O)(O)OCC1CC([n+]2cccc(C(N)=O)c2)C(ON)C1O. The van der Waals surface area contributed by atoms with Crippen LogP contribution in [0.25, 0.3) is 11.2 Å². The zero-order valence-electron chi connectivity index (χ0n) is 23.2. The summed E-state index contributed by atoms with van der Waals surface area (Å²) in [5.41, 5.74) is 11.7. The van der Waals surface area contributed by atoms with Gasteiger partial charge in [0.25, 0.3) is 13.4 Å². The molecule has 1 saturated heterocycles. The Kier molecular flexibility index (Phi) is 9.72. The number of hydrogen-bond donors (Lipinski definition) is 7. The third kappa shape index (κ3) is 7.09. The average molecular weight is 671 g/mol. The highest BCUT2D eigenvalue weighted by Crippen LogP contribution is 2.60. The number of pyridine rings is 1. The number of rotatable bonds is 12. The molecule has 0 aromatic carbocycles. The van der Waals surface area contributed by atoms with Crippen molar-refractivity contribution in [1.29, 1.82) is 0 Å². The molecule has 2 aliphatic rings. The van der Waals surface area contributed by atoms with Crippen molar-refractivity contribution in [3.05, 3.63) is 42.7 Å². The van der Waals surface area contributed by atoms with Gasteiger partial charge in [-0.15, -0.1) is 0 Å². The molecule has 242 valence electrons. The lowest BCUT2D eigenvalue weighted by molar-refractivity contribution is -0.729. The van der Waals surface area contributed by atoms with Gasteiger partial charge in [0.05, 0.1) is 25.6 Å². The van der Waals surface area contributed by atoms with Crippen molar-refractivity contribution in [3.8, 4) is 0 Å². The van der Waals surface area contributed by atoms with Gasteiger partial charge in [0.1, 0.15) is 35.7 Å². The second-order valence-electron chi connectivity index (χ2n) is 10.4. The molecular weight excluding hydrogens is 641 g/mol. The van der Waals surface area contributed by atoms with Crippen LogP contribution in [0.4, 0.5) is 5.82 Å². The van der Waals surface area contributed by atoms with E-state index in [9.17, 15) is 34.1 Å². The Balaban J connectivity index is 1.17. The molecule has 1 aliphatic carbocycles. The number of nitrogens with two attached hydrogens (primary N) is 3. The van der Waals surface area contributed by atoms with E-state index < -0.39 is 83.1 Å². The summed E-state index contributed by atoms with van der Waals surface area (Å²) in [6.07, 6.45) is -2.39. The van der Waals surface area contributed by atoms with Crippen LogP contribution in [0.3, 0.4) is 0 Å². The highest BCUT2D eigenvalue weighted by atomic mass is 31.3. The smallest absolute Gasteiger partial charge is 0.390 e. The van der Waals surface area contributed by atoms with Crippen LogP contribution in [0.15, 0.2) is 37.2 Å². The number of phosphoric ester groups is 1. The van der Waals surface area contributed by atoms with Gasteiger partial charge in [-0.1, -0.05) is 0 Å². The van der Waals surface area contributed by atoms with E-state index in [1.807, 2.05) is 0 Å². The molecule has 1 aliphatic heterocycles. The molecule has 4 heterocycles. The number of nitrogen functional groups attached to an aromatic ring is 1. The lowest BCUT2D eigenvalue weighted by atomic mass is 10.1. The number of anilines is 1. The molecule has 5 rings (SSSR count). The summed E-state index contributed by atoms with van der Waals surface area (Å²) in [5.74, 6) is 3.94. The number of aliphatic hydroxyl groups excluding tert-OH is 3. The van der Waals surface area contributed by atoms with Crippen LogP contribution in [0, 0.1) is 5.92 Å². The molecule has 2 radical (unpaired) electrons. The van der Waals surface area contributed by atoms with E-state index in [-0.39, 0.29) is 29.0 Å². The second kappa shape index (κ2) is 13.1. The Hall–Kier alpha value is -2.91. The molecule has 10 atom stereocenters. The van der Waals surface area contributed by atoms with Gasteiger partial charge in [0.15, 0.2) is 42.2 Å². The van der Waals surface area contributed by atoms with Crippen LogP contribution in [0.2, 0.25) is 0 Å². The topological polar surface area (TPSA) is 304 Å². The number of aromatic nitrogens is 5. The minimum Gasteiger partial charge on any atom is -0.390 e. The van der Waals surface area contributed by atoms with Gasteiger partial charge in [-0.3, -0.25) is 23.3 Å². The molecule has 1 amide bonds. The molecule has 1 saturated carbocycles. The first kappa shape index (κ1) is 33.5. The molecule has 0 bridgehead atoms. The first-order chi connectivity index (χ1) is 21.2. The van der Waals surface area contributed by atoms with E-state index in [0.717, 1.165) is 0 Å². The first-order valence-corrected chi connectivity index (χ1v) is 16.3. The quantitative estimate of drug-likeness (QED) is 0.0462. The highest BCUT2D eigenvalue weighted by molar-refractivity contribution is 7.83. The van der Waals surface area contributed by atoms with Gasteiger partial charge < -0.3 is 40.9 Å². The van der Waals surface area contributed by atoms with E-state index in [1.165, 1.54) is 29.5 Å². The van der Waals surface area contributed by atoms with E-state index in [2.05, 4.69) is 19.3 Å². The van der Waals surface area contributed by atoms with Gasteiger partial charge >= 0.3 is 7.82 Å². The molecule has 3 aromatic heterocycles. The maximum atomic E-state index is 12.7. The Labute approximate surface area is 255 Å². The maximum absolute atomic E-state index is 12.7. The fraction of sp³-hybridized carbons (Fsp3) is 0.500. The van der Waals surface area contributed by atoms with Crippen LogP contribution >= 0.6 is 15.3 Å². The summed E-state index contributed by atoms with van der Waals surface area (Å²) < 4.78 is 48.3. The summed E-state index contributed by atoms with van der Waals surface area (Å²) in [5, 5.41) is 31.8. The number of nitrogens with zero attached hydrogens (tertiary/aromatic N) is 5. The first-order valence-electron chi connectivity index (χ1n) is 13.2. The number of aliphatic hydroxyl groups is 3. The monoisotopic (exact) mass is 671 g/mol. The predicted molar refractivity (Wildman–Crippen MR) is 149 cm³/mol. The number of primary amides is 1. The molecule has 0 spiro atoms. The van der Waals surface area contributed by atoms with Crippen molar-refractivity contribution in [2.24, 2.45) is 17.5 Å². The maximum Gasteiger partial charge on any atom is 0.478 e. The van der Waals surface area contributed by atoms with Crippen LogP contribution in [-0.2, 0) is 32.1 Å². The van der Waals surface area contributed by atoms with Crippen molar-refractivity contribution in [1.82, 2.24) is 19.5 Å². The summed E-state index contributed by atoms with van der Waals surface area (Å²) in [7, 11) is -4.49. The zero-order valence-corrected chi connectivity index (χ0v) is 25.0. The van der Waals surface area contributed by atoms with Crippen molar-refractivity contribution in [2.75, 3.05) is 18.9 Å². The molecular formula is C22H30BN8O12P2+. The summed E-state index contributed by atoms with van der Waals surface area (Å²) >= 11 is 0. The minimum absolute atomic E-state index is 0.0761. The van der Waals surface area contributed by atoms with Gasteiger partial charge in [-0.25, -0.2) is 29.7 Å². The number of fused-ring (bicyclic) bond motifs is 1. The zero-order chi connectivity index (χ0) is 32.7. The molecule has 3 aromatic rings. The van der Waals surface area contributed by atoms with Crippen LogP contribution in [0.5, 0.6) is 0 Å². The third-order valence-electron chi connectivity index (χ3n) is 7.48. The lowest BCUT2D eigenvalue weighted by Crippen LogP contribution is -2.47. The van der Waals surface area contributed by atoms with Gasteiger partial charge in [0.2, 0.25) is 7.57 Å². The van der Waals surface area contributed by atoms with Crippen LogP contribution in [0.1, 0.15) is 29.0 Å². The van der Waals surface area contributed by atoms with Gasteiger partial charge in [0, 0.05) is 18.4 Å². The fourth-order valence-electron chi connectivity index (χ4n) is 5.26. The van der Waals surface area contributed by atoms with E-state index in [4.69, 9.17) is 43.6 Å². The fourth-order valence-corrected chi connectivity index (χ4v) is 7.53. The molecule has 20 nitrogen and oxygen atoms in total. The number of hydrogen-bond acceptors (Lipinski definition) is 16. The van der Waals surface area contributed by atoms with E-state index >= 15 is 0 Å². The van der Waals surface area contributed by atoms with Gasteiger partial charge in [-0.2, -0.15) is 4.57 Å². The molecule has 10 unspecified atom stereocenters. The number of carbonyl (C=O) groups excluding carboxylic acids is 1. The Bertz CT molecular complexity index is 1650. The summed E-state index contributed by atoms with van der Waals surface area (Å²) in [4.78, 5) is 38.6. The number of ether oxygens (including phenoxy) is 1. The minimum atomic E-state index is -5.16. The number of phosphoric acid groups is 1. The largest absolute Gasteiger partial charge is 0.478 e. The summed E-state index contributed by atoms with van der Waals surface area (Å²) in [6, 6.07) is 2.42. The summed E-state index contributed by atoms with van der Waals surface area (Å²) in [6.45, 7) is -1.33. The third-order valence-corrected chi connectivity index (χ3v) is 10.2. The number of carbonyl (C=O) groups is 1. The number of imidazole rings is 1. The lowest BCUT2D eigenvalue weighted by Gasteiger charge is -2.22. The van der Waals surface area contributed by atoms with Gasteiger partial charge in [-0.05, 0) is 6.07 Å². The Morgan fingerprint density at radius 3 is 2.62 bits per heavy atom. The second-order valence-corrected chi connectivity index (χ2v) is 13.6. The van der Waals surface area contributed by atoms with E-state index in [1.54, 1.807) is 16.8 Å². The highest BCUT2D eigenvalue weighted by Gasteiger charge is 2.50. The molecule has 10 N–H and O–H groups in total. The van der Waals surface area contributed by atoms with Crippen molar-refractivity contribution < 1.29 is 61.6 Å². The molecule has 45 heavy (non-hydrogen) atoms. The standard InChI is InChI=1S/C22H29BN8O12P2/c23-44(36,39-7-13-16(33)17(34)22(41-13)31-9-29-14-19(24)27-8-28-21(14)31)43-45(37,38)40-6-11-4-12(18(42-26)15(11)32)30-3-1-2-10(5-30)20(25)35/h1-3,5,8-9,11-13,15-18,22,32-34H,4,6-7,26H2,(H4-,24,25,27,28,35,37,38)/p+1. The molecule has 23 heteroatoms. The Morgan fingerprint density at radius 1 is 1.16 bits per heavy atom. The van der Waals surface area contributed by atoms with Crippen LogP contribution in [-0.4, -0.2) is 96.9 Å². The Morgan fingerprint density at radius 2 is 1.91 bits per heavy atom. The van der Waals surface area contributed by atoms with E-state index in [0.29, 0.717) is 0 Å². The predicted octanol–water partition coefficient (Wildman–Crippen LogP) is -2.28. The number of amides is 1. The normalized spacial score (nSPS) is 31.1. The van der Waals surface area contributed by atoms with Crippen molar-refractivity contribution in [3.63, 3.8) is 0 Å². The van der Waals surface area contributed by atoms with Crippen LogP contribution < -0.4 is 21.9 Å². The van der Waals surface area contributed by atoms with Crippen molar-refractivity contribution in [2.45, 2.75) is 49.2 Å². The average Bonchev–Trinajstić information content (AvgIpc) is 3.64. The van der Waals surface area contributed by atoms with Crippen molar-refractivity contribution >= 4 is 45.8 Å². The molecule has 2 fully saturated rings.